The Labute approximate surface area is 157 Å². The molecule has 4 rings (SSSR count). The number of hydrogen-bond donors (Lipinski definition) is 0. The summed E-state index contributed by atoms with van der Waals surface area (Å²) in [5.41, 5.74) is 1.54. The van der Waals surface area contributed by atoms with E-state index in [1.54, 1.807) is 30.3 Å². The van der Waals surface area contributed by atoms with Crippen molar-refractivity contribution in [3.05, 3.63) is 87.4 Å². The number of nitrogens with zero attached hydrogens (tertiary/aromatic N) is 4. The predicted molar refractivity (Wildman–Crippen MR) is 97.7 cm³/mol. The van der Waals surface area contributed by atoms with Crippen LogP contribution in [0.2, 0.25) is 5.02 Å². The van der Waals surface area contributed by atoms with Crippen molar-refractivity contribution in [1.82, 2.24) is 19.9 Å². The molecule has 0 N–H and O–H groups in total. The number of hydrogen-bond acceptors (Lipinski definition) is 5. The lowest BCUT2D eigenvalue weighted by molar-refractivity contribution is 0.429. The van der Waals surface area contributed by atoms with E-state index in [9.17, 15) is 9.18 Å². The smallest absolute Gasteiger partial charge is 0.278 e. The fourth-order valence-electron chi connectivity index (χ4n) is 2.53. The van der Waals surface area contributed by atoms with Crippen LogP contribution in [0.25, 0.3) is 23.0 Å². The Kier molecular flexibility index (Phi) is 4.52. The Morgan fingerprint density at radius 2 is 1.89 bits per heavy atom. The molecule has 0 fully saturated rings. The molecule has 0 aliphatic heterocycles. The zero-order valence-electron chi connectivity index (χ0n) is 13.8. The van der Waals surface area contributed by atoms with E-state index in [1.807, 2.05) is 6.07 Å². The zero-order valence-corrected chi connectivity index (χ0v) is 14.6. The molecular formula is C19H12ClFN4O2. The van der Waals surface area contributed by atoms with E-state index in [4.69, 9.17) is 16.1 Å². The summed E-state index contributed by atoms with van der Waals surface area (Å²) in [6, 6.07) is 15.8. The Balaban J connectivity index is 1.65. The molecule has 2 aromatic carbocycles. The van der Waals surface area contributed by atoms with Crippen LogP contribution in [0.15, 0.2) is 70.0 Å². The fraction of sp³-hybridized carbons (Fsp3) is 0.0526. The molecule has 0 saturated carbocycles. The summed E-state index contributed by atoms with van der Waals surface area (Å²) in [6.07, 6.45) is 0. The second-order valence-corrected chi connectivity index (χ2v) is 6.21. The molecule has 2 heterocycles. The third kappa shape index (κ3) is 3.78. The molecule has 134 valence electrons. The van der Waals surface area contributed by atoms with Crippen molar-refractivity contribution in [3.8, 4) is 23.0 Å². The van der Waals surface area contributed by atoms with E-state index in [0.717, 1.165) is 5.56 Å². The molecule has 0 amide bonds. The van der Waals surface area contributed by atoms with Crippen molar-refractivity contribution in [1.29, 1.82) is 0 Å². The van der Waals surface area contributed by atoms with Gasteiger partial charge in [-0.2, -0.15) is 10.1 Å². The van der Waals surface area contributed by atoms with Crippen molar-refractivity contribution in [2.24, 2.45) is 0 Å². The molecular weight excluding hydrogens is 371 g/mol. The van der Waals surface area contributed by atoms with Gasteiger partial charge in [-0.25, -0.2) is 9.07 Å². The summed E-state index contributed by atoms with van der Waals surface area (Å²) in [4.78, 5) is 16.4. The fourth-order valence-corrected chi connectivity index (χ4v) is 2.74. The monoisotopic (exact) mass is 382 g/mol. The number of benzene rings is 2. The van der Waals surface area contributed by atoms with Crippen LogP contribution in [0.4, 0.5) is 4.39 Å². The van der Waals surface area contributed by atoms with E-state index >= 15 is 0 Å². The van der Waals surface area contributed by atoms with Gasteiger partial charge < -0.3 is 4.52 Å². The SMILES string of the molecule is O=c1ccc(-c2nc(-c3ccc(F)cc3)no2)nn1Cc1cccc(Cl)c1. The molecule has 8 heteroatoms. The van der Waals surface area contributed by atoms with Gasteiger partial charge in [0.1, 0.15) is 11.5 Å². The van der Waals surface area contributed by atoms with Gasteiger partial charge in [0.25, 0.3) is 11.4 Å². The van der Waals surface area contributed by atoms with Crippen molar-refractivity contribution in [2.75, 3.05) is 0 Å². The average Bonchev–Trinajstić information content (AvgIpc) is 3.14. The number of halogens is 2. The maximum absolute atomic E-state index is 13.0. The minimum atomic E-state index is -0.350. The average molecular weight is 383 g/mol. The minimum Gasteiger partial charge on any atom is -0.332 e. The van der Waals surface area contributed by atoms with Gasteiger partial charge in [-0.05, 0) is 48.0 Å². The molecule has 0 spiro atoms. The van der Waals surface area contributed by atoms with Gasteiger partial charge in [0.2, 0.25) is 5.82 Å². The first kappa shape index (κ1) is 17.1. The van der Waals surface area contributed by atoms with E-state index in [-0.39, 0.29) is 23.8 Å². The molecule has 27 heavy (non-hydrogen) atoms. The first-order valence-electron chi connectivity index (χ1n) is 8.01. The van der Waals surface area contributed by atoms with Crippen LogP contribution in [-0.2, 0) is 6.54 Å². The van der Waals surface area contributed by atoms with Crippen LogP contribution in [0, 0.1) is 5.82 Å². The Bertz CT molecular complexity index is 1150. The number of rotatable bonds is 4. The molecule has 0 unspecified atom stereocenters. The second kappa shape index (κ2) is 7.13. The van der Waals surface area contributed by atoms with Gasteiger partial charge in [-0.1, -0.05) is 28.9 Å². The maximum Gasteiger partial charge on any atom is 0.278 e. The predicted octanol–water partition coefficient (Wildman–Crippen LogP) is 3.80. The lowest BCUT2D eigenvalue weighted by atomic mass is 10.2. The second-order valence-electron chi connectivity index (χ2n) is 5.77. The van der Waals surface area contributed by atoms with E-state index < -0.39 is 0 Å². The number of aromatic nitrogens is 4. The summed E-state index contributed by atoms with van der Waals surface area (Å²) in [5, 5.41) is 8.76. The van der Waals surface area contributed by atoms with Gasteiger partial charge in [0, 0.05) is 16.7 Å². The summed E-state index contributed by atoms with van der Waals surface area (Å²) in [6.45, 7) is 0.256. The van der Waals surface area contributed by atoms with Crippen molar-refractivity contribution in [2.45, 2.75) is 6.54 Å². The lowest BCUT2D eigenvalue weighted by Gasteiger charge is -2.05. The van der Waals surface area contributed by atoms with Crippen LogP contribution in [-0.4, -0.2) is 19.9 Å². The first-order chi connectivity index (χ1) is 13.1. The van der Waals surface area contributed by atoms with E-state index in [2.05, 4.69) is 15.2 Å². The Hall–Kier alpha value is -3.32. The van der Waals surface area contributed by atoms with Crippen molar-refractivity contribution in [3.63, 3.8) is 0 Å². The highest BCUT2D eigenvalue weighted by Crippen LogP contribution is 2.20. The van der Waals surface area contributed by atoms with E-state index in [0.29, 0.717) is 22.1 Å². The van der Waals surface area contributed by atoms with Crippen LogP contribution < -0.4 is 5.56 Å². The lowest BCUT2D eigenvalue weighted by Crippen LogP contribution is -2.22. The Morgan fingerprint density at radius 1 is 1.07 bits per heavy atom. The summed E-state index contributed by atoms with van der Waals surface area (Å²) in [7, 11) is 0. The van der Waals surface area contributed by atoms with Crippen LogP contribution in [0.3, 0.4) is 0 Å². The quantitative estimate of drug-likeness (QED) is 0.536. The Morgan fingerprint density at radius 3 is 2.67 bits per heavy atom. The molecule has 4 aromatic rings. The molecule has 0 saturated heterocycles. The molecule has 6 nitrogen and oxygen atoms in total. The van der Waals surface area contributed by atoms with E-state index in [1.165, 1.54) is 28.9 Å². The minimum absolute atomic E-state index is 0.161. The maximum atomic E-state index is 13.0. The summed E-state index contributed by atoms with van der Waals surface area (Å²) in [5.74, 6) is 0.116. The highest BCUT2D eigenvalue weighted by molar-refractivity contribution is 6.30. The van der Waals surface area contributed by atoms with Crippen molar-refractivity contribution >= 4 is 11.6 Å². The van der Waals surface area contributed by atoms with Crippen LogP contribution in [0.5, 0.6) is 0 Å². The molecule has 0 aliphatic carbocycles. The van der Waals surface area contributed by atoms with Crippen LogP contribution >= 0.6 is 11.6 Å². The summed E-state index contributed by atoms with van der Waals surface area (Å²) < 4.78 is 19.6. The topological polar surface area (TPSA) is 73.8 Å². The van der Waals surface area contributed by atoms with Gasteiger partial charge in [-0.3, -0.25) is 4.79 Å². The third-order valence-electron chi connectivity index (χ3n) is 3.84. The molecule has 0 atom stereocenters. The highest BCUT2D eigenvalue weighted by atomic mass is 35.5. The van der Waals surface area contributed by atoms with Gasteiger partial charge >= 0.3 is 0 Å². The highest BCUT2D eigenvalue weighted by Gasteiger charge is 2.13. The van der Waals surface area contributed by atoms with Crippen molar-refractivity contribution < 1.29 is 8.91 Å². The molecule has 0 aliphatic rings. The standard InChI is InChI=1S/C19H12ClFN4O2/c20-14-3-1-2-12(10-14)11-25-17(26)9-8-16(23-25)19-22-18(24-27-19)13-4-6-15(21)7-5-13/h1-10H,11H2. The largest absolute Gasteiger partial charge is 0.332 e. The molecule has 2 aromatic heterocycles. The van der Waals surface area contributed by atoms with Gasteiger partial charge in [0.15, 0.2) is 0 Å². The third-order valence-corrected chi connectivity index (χ3v) is 4.07. The van der Waals surface area contributed by atoms with Gasteiger partial charge in [0.05, 0.1) is 6.54 Å². The normalized spacial score (nSPS) is 10.9. The van der Waals surface area contributed by atoms with Crippen LogP contribution in [0.1, 0.15) is 5.56 Å². The first-order valence-corrected chi connectivity index (χ1v) is 8.39. The molecule has 0 bridgehead atoms. The van der Waals surface area contributed by atoms with Gasteiger partial charge in [-0.15, -0.1) is 0 Å². The zero-order chi connectivity index (χ0) is 18.8. The summed E-state index contributed by atoms with van der Waals surface area (Å²) >= 11 is 5.98. The molecule has 0 radical (unpaired) electrons.